The molecule has 0 bridgehead atoms. The normalized spacial score (nSPS) is 11.8. The lowest BCUT2D eigenvalue weighted by molar-refractivity contribution is -0.140. The summed E-state index contributed by atoms with van der Waals surface area (Å²) in [6.45, 7) is 1.30. The number of nitrogens with zero attached hydrogens (tertiary/aromatic N) is 1. The number of aliphatic carboxylic acids is 1. The standard InChI is InChI=1S/C10H12N2O3S2/c1-7(13)12-9(10(14)15)6-16-17-8-2-4-11-5-3-8/h2-5,9H,6H2,1H3,(H,12,13)(H,14,15). The molecule has 0 aliphatic carbocycles. The van der Waals surface area contributed by atoms with E-state index in [9.17, 15) is 9.59 Å². The molecule has 1 heterocycles. The summed E-state index contributed by atoms with van der Waals surface area (Å²) in [7, 11) is 2.83. The minimum absolute atomic E-state index is 0.307. The summed E-state index contributed by atoms with van der Waals surface area (Å²) in [5.74, 6) is -1.06. The molecular formula is C10H12N2O3S2. The van der Waals surface area contributed by atoms with Crippen molar-refractivity contribution in [1.82, 2.24) is 10.3 Å². The fourth-order valence-electron chi connectivity index (χ4n) is 0.984. The van der Waals surface area contributed by atoms with Gasteiger partial charge in [0.1, 0.15) is 6.04 Å². The zero-order valence-electron chi connectivity index (χ0n) is 9.12. The first-order valence-corrected chi connectivity index (χ1v) is 7.11. The topological polar surface area (TPSA) is 79.3 Å². The molecule has 0 spiro atoms. The fraction of sp³-hybridized carbons (Fsp3) is 0.300. The first-order valence-electron chi connectivity index (χ1n) is 4.79. The summed E-state index contributed by atoms with van der Waals surface area (Å²) in [6.07, 6.45) is 3.34. The predicted molar refractivity (Wildman–Crippen MR) is 67.8 cm³/mol. The van der Waals surface area contributed by atoms with E-state index >= 15 is 0 Å². The zero-order chi connectivity index (χ0) is 12.7. The Morgan fingerprint density at radius 1 is 1.47 bits per heavy atom. The van der Waals surface area contributed by atoms with Gasteiger partial charge in [0.25, 0.3) is 0 Å². The molecule has 1 rings (SSSR count). The molecule has 0 aromatic carbocycles. The molecule has 92 valence electrons. The predicted octanol–water partition coefficient (Wildman–Crippen LogP) is 1.41. The van der Waals surface area contributed by atoms with Crippen molar-refractivity contribution < 1.29 is 14.7 Å². The number of carbonyl (C=O) groups is 2. The molecule has 1 amide bonds. The molecule has 7 heteroatoms. The number of aromatic nitrogens is 1. The highest BCUT2D eigenvalue weighted by Crippen LogP contribution is 2.30. The van der Waals surface area contributed by atoms with E-state index in [1.165, 1.54) is 28.5 Å². The van der Waals surface area contributed by atoms with Crippen molar-refractivity contribution in [3.63, 3.8) is 0 Å². The molecule has 1 unspecified atom stereocenters. The molecule has 1 aromatic heterocycles. The quantitative estimate of drug-likeness (QED) is 0.762. The second-order valence-electron chi connectivity index (χ2n) is 3.14. The molecule has 5 nitrogen and oxygen atoms in total. The van der Waals surface area contributed by atoms with E-state index in [0.29, 0.717) is 5.75 Å². The molecule has 0 fully saturated rings. The van der Waals surface area contributed by atoms with Crippen molar-refractivity contribution in [2.24, 2.45) is 0 Å². The van der Waals surface area contributed by atoms with E-state index < -0.39 is 12.0 Å². The van der Waals surface area contributed by atoms with Crippen LogP contribution in [0.1, 0.15) is 6.92 Å². The average molecular weight is 272 g/mol. The van der Waals surface area contributed by atoms with Gasteiger partial charge in [0.05, 0.1) is 0 Å². The van der Waals surface area contributed by atoms with Gasteiger partial charge in [0.15, 0.2) is 0 Å². The number of carbonyl (C=O) groups excluding carboxylic acids is 1. The number of hydrogen-bond acceptors (Lipinski definition) is 5. The molecule has 2 N–H and O–H groups in total. The van der Waals surface area contributed by atoms with E-state index in [1.54, 1.807) is 12.4 Å². The Hall–Kier alpha value is -1.21. The lowest BCUT2D eigenvalue weighted by atomic mass is 10.3. The van der Waals surface area contributed by atoms with Crippen LogP contribution in [0.2, 0.25) is 0 Å². The van der Waals surface area contributed by atoms with Gasteiger partial charge >= 0.3 is 5.97 Å². The van der Waals surface area contributed by atoms with Crippen molar-refractivity contribution in [2.45, 2.75) is 17.9 Å². The molecule has 17 heavy (non-hydrogen) atoms. The summed E-state index contributed by atoms with van der Waals surface area (Å²) < 4.78 is 0. The van der Waals surface area contributed by atoms with Crippen molar-refractivity contribution in [2.75, 3.05) is 5.75 Å². The van der Waals surface area contributed by atoms with Gasteiger partial charge in [-0.25, -0.2) is 4.79 Å². The number of carboxylic acid groups (broad SMARTS) is 1. The van der Waals surface area contributed by atoms with Crippen LogP contribution in [0.15, 0.2) is 29.4 Å². The molecule has 0 aliphatic heterocycles. The molecule has 1 aromatic rings. The maximum Gasteiger partial charge on any atom is 0.327 e. The van der Waals surface area contributed by atoms with Gasteiger partial charge in [-0.2, -0.15) is 0 Å². The third-order valence-corrected chi connectivity index (χ3v) is 4.11. The number of hydrogen-bond donors (Lipinski definition) is 2. The second-order valence-corrected chi connectivity index (χ2v) is 5.56. The Bertz CT molecular complexity index is 386. The van der Waals surface area contributed by atoms with Crippen LogP contribution in [0.25, 0.3) is 0 Å². The first-order chi connectivity index (χ1) is 8.09. The Morgan fingerprint density at radius 2 is 2.12 bits per heavy atom. The van der Waals surface area contributed by atoms with Crippen LogP contribution in [0.4, 0.5) is 0 Å². The number of amides is 1. The minimum Gasteiger partial charge on any atom is -0.480 e. The van der Waals surface area contributed by atoms with E-state index in [-0.39, 0.29) is 5.91 Å². The van der Waals surface area contributed by atoms with Crippen LogP contribution in [0.5, 0.6) is 0 Å². The van der Waals surface area contributed by atoms with Gasteiger partial charge in [-0.15, -0.1) is 0 Å². The number of carboxylic acids is 1. The Labute approximate surface area is 107 Å². The average Bonchev–Trinajstić information content (AvgIpc) is 2.28. The van der Waals surface area contributed by atoms with Gasteiger partial charge in [-0.1, -0.05) is 21.6 Å². The number of pyridine rings is 1. The largest absolute Gasteiger partial charge is 0.480 e. The summed E-state index contributed by atoms with van der Waals surface area (Å²) in [5.41, 5.74) is 0. The van der Waals surface area contributed by atoms with Crippen LogP contribution >= 0.6 is 21.6 Å². The number of nitrogens with one attached hydrogen (secondary N) is 1. The highest BCUT2D eigenvalue weighted by Gasteiger charge is 2.18. The van der Waals surface area contributed by atoms with E-state index in [1.807, 2.05) is 12.1 Å². The molecule has 1 atom stereocenters. The molecule has 0 saturated carbocycles. The number of rotatable bonds is 6. The maximum atomic E-state index is 10.8. The van der Waals surface area contributed by atoms with E-state index in [2.05, 4.69) is 10.3 Å². The van der Waals surface area contributed by atoms with Gasteiger partial charge < -0.3 is 10.4 Å². The zero-order valence-corrected chi connectivity index (χ0v) is 10.8. The molecular weight excluding hydrogens is 260 g/mol. The second kappa shape index (κ2) is 7.18. The van der Waals surface area contributed by atoms with Crippen molar-refractivity contribution in [1.29, 1.82) is 0 Å². The highest BCUT2D eigenvalue weighted by molar-refractivity contribution is 8.76. The Morgan fingerprint density at radius 3 is 2.65 bits per heavy atom. The molecule has 0 radical (unpaired) electrons. The van der Waals surface area contributed by atoms with Crippen molar-refractivity contribution in [3.05, 3.63) is 24.5 Å². The lowest BCUT2D eigenvalue weighted by Gasteiger charge is -2.11. The van der Waals surface area contributed by atoms with Gasteiger partial charge in [-0.3, -0.25) is 9.78 Å². The summed E-state index contributed by atoms with van der Waals surface area (Å²) >= 11 is 0. The molecule has 0 aliphatic rings. The summed E-state index contributed by atoms with van der Waals surface area (Å²) in [4.78, 5) is 26.5. The smallest absolute Gasteiger partial charge is 0.327 e. The first kappa shape index (κ1) is 13.9. The van der Waals surface area contributed by atoms with Crippen molar-refractivity contribution in [3.8, 4) is 0 Å². The molecule has 0 saturated heterocycles. The van der Waals surface area contributed by atoms with Gasteiger partial charge in [0, 0.05) is 30.0 Å². The monoisotopic (exact) mass is 272 g/mol. The Kier molecular flexibility index (Phi) is 5.85. The third-order valence-electron chi connectivity index (χ3n) is 1.72. The van der Waals surface area contributed by atoms with Crippen LogP contribution in [0.3, 0.4) is 0 Å². The van der Waals surface area contributed by atoms with E-state index in [4.69, 9.17) is 5.11 Å². The summed E-state index contributed by atoms with van der Waals surface area (Å²) in [6, 6.07) is 2.82. The van der Waals surface area contributed by atoms with Crippen LogP contribution in [0, 0.1) is 0 Å². The Balaban J connectivity index is 2.37. The van der Waals surface area contributed by atoms with Gasteiger partial charge in [0.2, 0.25) is 5.91 Å². The SMILES string of the molecule is CC(=O)NC(CSSc1ccncc1)C(=O)O. The van der Waals surface area contributed by atoms with Crippen molar-refractivity contribution >= 4 is 33.5 Å². The van der Waals surface area contributed by atoms with Crippen LogP contribution in [-0.2, 0) is 9.59 Å². The third kappa shape index (κ3) is 5.60. The summed E-state index contributed by atoms with van der Waals surface area (Å²) in [5, 5.41) is 11.3. The van der Waals surface area contributed by atoms with Crippen LogP contribution in [-0.4, -0.2) is 33.8 Å². The fourth-order valence-corrected chi connectivity index (χ4v) is 3.14. The minimum atomic E-state index is -1.02. The van der Waals surface area contributed by atoms with Gasteiger partial charge in [-0.05, 0) is 12.1 Å². The highest BCUT2D eigenvalue weighted by atomic mass is 33.1. The maximum absolute atomic E-state index is 10.8. The van der Waals surface area contributed by atoms with E-state index in [0.717, 1.165) is 4.90 Å². The lowest BCUT2D eigenvalue weighted by Crippen LogP contribution is -2.41. The van der Waals surface area contributed by atoms with Crippen LogP contribution < -0.4 is 5.32 Å².